The lowest BCUT2D eigenvalue weighted by atomic mass is 10.1. The Morgan fingerprint density at radius 1 is 0.886 bits per heavy atom. The number of nitrogens with zero attached hydrogens (tertiary/aromatic N) is 3. The molecule has 1 N–H and O–H groups in total. The molecule has 0 bridgehead atoms. The van der Waals surface area contributed by atoms with Crippen molar-refractivity contribution < 1.29 is 24.2 Å². The highest BCUT2D eigenvalue weighted by Gasteiger charge is 2.24. The number of aromatic hydroxyl groups is 1. The van der Waals surface area contributed by atoms with Crippen LogP contribution in [0.5, 0.6) is 17.2 Å². The molecule has 2 aromatic carbocycles. The highest BCUT2D eigenvalue weighted by atomic mass is 16.5. The second-order valence-electron chi connectivity index (χ2n) is 8.90. The zero-order valence-corrected chi connectivity index (χ0v) is 21.4. The summed E-state index contributed by atoms with van der Waals surface area (Å²) in [5, 5.41) is 17.7. The lowest BCUT2D eigenvalue weighted by Gasteiger charge is -2.31. The lowest BCUT2D eigenvalue weighted by Crippen LogP contribution is -2.42. The molecule has 8 heteroatoms. The molecule has 0 atom stereocenters. The van der Waals surface area contributed by atoms with Gasteiger partial charge in [-0.15, -0.1) is 5.11 Å². The van der Waals surface area contributed by atoms with Crippen LogP contribution in [0.1, 0.15) is 69.8 Å². The van der Waals surface area contributed by atoms with E-state index < -0.39 is 0 Å². The van der Waals surface area contributed by atoms with Crippen molar-refractivity contribution in [3.05, 3.63) is 53.6 Å². The van der Waals surface area contributed by atoms with Crippen molar-refractivity contribution in [2.75, 3.05) is 13.2 Å². The van der Waals surface area contributed by atoms with Crippen molar-refractivity contribution in [3.8, 4) is 17.2 Å². The van der Waals surface area contributed by atoms with Gasteiger partial charge in [-0.25, -0.2) is 0 Å². The smallest absolute Gasteiger partial charge is 0.261 e. The summed E-state index contributed by atoms with van der Waals surface area (Å²) in [7, 11) is 0. The Morgan fingerprint density at radius 3 is 2.00 bits per heavy atom. The number of carbonyl (C=O) groups excluding carboxylic acids is 2. The molecule has 0 heterocycles. The van der Waals surface area contributed by atoms with E-state index in [0.717, 1.165) is 30.6 Å². The van der Waals surface area contributed by atoms with Crippen LogP contribution in [-0.4, -0.2) is 47.1 Å². The number of rotatable bonds is 13. The molecule has 0 radical (unpaired) electrons. The van der Waals surface area contributed by atoms with Crippen LogP contribution in [0.15, 0.2) is 52.7 Å². The summed E-state index contributed by atoms with van der Waals surface area (Å²) in [5.74, 6) is 0.761. The number of benzene rings is 2. The maximum atomic E-state index is 12.8. The fourth-order valence-electron chi connectivity index (χ4n) is 3.66. The molecule has 0 saturated heterocycles. The van der Waals surface area contributed by atoms with Gasteiger partial charge < -0.3 is 19.5 Å². The van der Waals surface area contributed by atoms with Crippen LogP contribution in [0.2, 0.25) is 0 Å². The number of azo groups is 1. The first-order valence-electron chi connectivity index (χ1n) is 12.1. The average molecular weight is 484 g/mol. The number of amides is 2. The molecule has 8 nitrogen and oxygen atoms in total. The van der Waals surface area contributed by atoms with Gasteiger partial charge >= 0.3 is 0 Å². The Kier molecular flexibility index (Phi) is 11.2. The summed E-state index contributed by atoms with van der Waals surface area (Å²) in [6.07, 6.45) is 2.67. The van der Waals surface area contributed by atoms with Crippen molar-refractivity contribution >= 4 is 11.8 Å². The molecule has 0 spiro atoms. The minimum atomic E-state index is -0.307. The van der Waals surface area contributed by atoms with Gasteiger partial charge in [0, 0.05) is 25.1 Å². The number of unbranched alkanes of at least 4 members (excludes halogenated alkanes) is 2. The van der Waals surface area contributed by atoms with E-state index in [2.05, 4.69) is 10.2 Å². The van der Waals surface area contributed by atoms with Crippen LogP contribution in [-0.2, 0) is 11.3 Å². The van der Waals surface area contributed by atoms with E-state index >= 15 is 0 Å². The molecule has 0 aromatic heterocycles. The third-order valence-corrected chi connectivity index (χ3v) is 5.26. The van der Waals surface area contributed by atoms with Crippen molar-refractivity contribution in [1.29, 1.82) is 0 Å². The van der Waals surface area contributed by atoms with Crippen LogP contribution < -0.4 is 9.47 Å². The topological polar surface area (TPSA) is 101 Å². The lowest BCUT2D eigenvalue weighted by molar-refractivity contribution is -0.116. The fraction of sp³-hybridized carbons (Fsp3) is 0.481. The highest BCUT2D eigenvalue weighted by molar-refractivity contribution is 5.97. The molecular weight excluding hydrogens is 446 g/mol. The van der Waals surface area contributed by atoms with Gasteiger partial charge in [0.15, 0.2) is 0 Å². The molecule has 0 unspecified atom stereocenters. The Hall–Kier alpha value is -3.42. The number of hydrogen-bond donors (Lipinski definition) is 1. The van der Waals surface area contributed by atoms with Gasteiger partial charge in [0.2, 0.25) is 0 Å². The summed E-state index contributed by atoms with van der Waals surface area (Å²) < 4.78 is 11.5. The molecule has 0 saturated carbocycles. The maximum absolute atomic E-state index is 12.8. The van der Waals surface area contributed by atoms with Gasteiger partial charge in [0.25, 0.3) is 11.8 Å². The van der Waals surface area contributed by atoms with Gasteiger partial charge in [-0.3, -0.25) is 9.59 Å². The van der Waals surface area contributed by atoms with Gasteiger partial charge in [-0.1, -0.05) is 12.1 Å². The predicted molar refractivity (Wildman–Crippen MR) is 135 cm³/mol. The SMILES string of the molecule is CC(=O)N=NCc1ccc(OCCCCCOc2ccc(C(=O)N(C(C)C)C(C)C)c(O)c2)cc1. The largest absolute Gasteiger partial charge is 0.507 e. The third kappa shape index (κ3) is 9.39. The van der Waals surface area contributed by atoms with Gasteiger partial charge in [-0.2, -0.15) is 5.11 Å². The number of phenols is 1. The maximum Gasteiger partial charge on any atom is 0.261 e. The number of ether oxygens (including phenoxy) is 2. The predicted octanol–water partition coefficient (Wildman–Crippen LogP) is 5.78. The molecular formula is C27H37N3O5. The second-order valence-corrected chi connectivity index (χ2v) is 8.90. The summed E-state index contributed by atoms with van der Waals surface area (Å²) in [4.78, 5) is 25.3. The number of phenolic OH excluding ortho intramolecular Hbond substituents is 1. The number of carbonyl (C=O) groups is 2. The first kappa shape index (κ1) is 27.8. The Morgan fingerprint density at radius 2 is 1.46 bits per heavy atom. The average Bonchev–Trinajstić information content (AvgIpc) is 2.78. The van der Waals surface area contributed by atoms with Crippen LogP contribution in [0.25, 0.3) is 0 Å². The summed E-state index contributed by atoms with van der Waals surface area (Å²) >= 11 is 0. The zero-order chi connectivity index (χ0) is 25.8. The van der Waals surface area contributed by atoms with Crippen LogP contribution in [0.3, 0.4) is 0 Å². The van der Waals surface area contributed by atoms with Crippen molar-refractivity contribution in [3.63, 3.8) is 0 Å². The molecule has 0 aliphatic heterocycles. The van der Waals surface area contributed by atoms with E-state index in [9.17, 15) is 14.7 Å². The summed E-state index contributed by atoms with van der Waals surface area (Å²) in [6, 6.07) is 12.5. The quantitative estimate of drug-likeness (QED) is 0.288. The van der Waals surface area contributed by atoms with E-state index in [1.54, 1.807) is 17.0 Å². The van der Waals surface area contributed by atoms with Crippen LogP contribution >= 0.6 is 0 Å². The van der Waals surface area contributed by atoms with Gasteiger partial charge in [0.1, 0.15) is 17.2 Å². The minimum absolute atomic E-state index is 0.0389. The normalized spacial score (nSPS) is 11.3. The minimum Gasteiger partial charge on any atom is -0.507 e. The molecule has 2 aromatic rings. The molecule has 35 heavy (non-hydrogen) atoms. The van der Waals surface area contributed by atoms with Crippen LogP contribution in [0, 0.1) is 0 Å². The summed E-state index contributed by atoms with van der Waals surface area (Å²) in [5.41, 5.74) is 1.24. The molecule has 2 rings (SSSR count). The van der Waals surface area contributed by atoms with Gasteiger partial charge in [0.05, 0.1) is 25.3 Å². The van der Waals surface area contributed by atoms with Crippen LogP contribution in [0.4, 0.5) is 0 Å². The first-order chi connectivity index (χ1) is 16.7. The second kappa shape index (κ2) is 14.1. The van der Waals surface area contributed by atoms with E-state index in [4.69, 9.17) is 9.47 Å². The first-order valence-corrected chi connectivity index (χ1v) is 12.1. The Bertz CT molecular complexity index is 979. The zero-order valence-electron chi connectivity index (χ0n) is 21.4. The van der Waals surface area contributed by atoms with Crippen molar-refractivity contribution in [1.82, 2.24) is 4.90 Å². The van der Waals surface area contributed by atoms with Crippen molar-refractivity contribution in [2.45, 2.75) is 72.5 Å². The molecule has 2 amide bonds. The molecule has 0 aliphatic carbocycles. The summed E-state index contributed by atoms with van der Waals surface area (Å²) in [6.45, 7) is 10.7. The van der Waals surface area contributed by atoms with Gasteiger partial charge in [-0.05, 0) is 76.8 Å². The number of hydrogen-bond acceptors (Lipinski definition) is 6. The molecule has 0 aliphatic rings. The standard InChI is InChI=1S/C27H37N3O5/c1-19(2)30(20(3)4)27(33)25-14-13-24(17-26(25)32)35-16-8-6-7-15-34-23-11-9-22(10-12-23)18-28-29-21(5)31/h9-14,17,19-20,32H,6-8,15-16,18H2,1-5H3. The highest BCUT2D eigenvalue weighted by Crippen LogP contribution is 2.26. The van der Waals surface area contributed by atoms with E-state index in [-0.39, 0.29) is 35.2 Å². The van der Waals surface area contributed by atoms with E-state index in [1.807, 2.05) is 52.0 Å². The fourth-order valence-corrected chi connectivity index (χ4v) is 3.66. The Labute approximate surface area is 208 Å². The third-order valence-electron chi connectivity index (χ3n) is 5.26. The van der Waals surface area contributed by atoms with Crippen molar-refractivity contribution in [2.24, 2.45) is 10.2 Å². The monoisotopic (exact) mass is 483 g/mol. The van der Waals surface area contributed by atoms with E-state index in [0.29, 0.717) is 25.5 Å². The molecule has 0 fully saturated rings. The van der Waals surface area contributed by atoms with E-state index in [1.165, 1.54) is 13.0 Å². The Balaban J connectivity index is 1.68. The molecule has 190 valence electrons.